The molecule has 2 aromatic carbocycles. The molecule has 124 valence electrons. The number of nitrogens with zero attached hydrogens (tertiary/aromatic N) is 1. The van der Waals surface area contributed by atoms with Crippen LogP contribution in [0.3, 0.4) is 0 Å². The lowest BCUT2D eigenvalue weighted by molar-refractivity contribution is -0.141. The van der Waals surface area contributed by atoms with Crippen LogP contribution in [0.1, 0.15) is 34.3 Å². The molecule has 0 aliphatic carbocycles. The number of rotatable bonds is 4. The lowest BCUT2D eigenvalue weighted by Crippen LogP contribution is -2.51. The van der Waals surface area contributed by atoms with E-state index in [2.05, 4.69) is 0 Å². The second-order valence-electron chi connectivity index (χ2n) is 6.48. The zero-order valence-electron chi connectivity index (χ0n) is 13.8. The molecule has 0 bridgehead atoms. The fraction of sp³-hybridized carbons (Fsp3) is 0.300. The van der Waals surface area contributed by atoms with Crippen LogP contribution in [0, 0.1) is 5.92 Å². The van der Waals surface area contributed by atoms with Gasteiger partial charge in [-0.05, 0) is 29.5 Å². The Morgan fingerprint density at radius 3 is 2.42 bits per heavy atom. The van der Waals surface area contributed by atoms with E-state index < -0.39 is 11.9 Å². The van der Waals surface area contributed by atoms with E-state index in [9.17, 15) is 14.7 Å². The summed E-state index contributed by atoms with van der Waals surface area (Å²) >= 11 is 0. The monoisotopic (exact) mass is 323 g/mol. The van der Waals surface area contributed by atoms with Gasteiger partial charge in [0.1, 0.15) is 5.92 Å². The van der Waals surface area contributed by atoms with Crippen molar-refractivity contribution in [3.63, 3.8) is 0 Å². The number of carbonyl (C=O) groups excluding carboxylic acids is 1. The summed E-state index contributed by atoms with van der Waals surface area (Å²) in [4.78, 5) is 26.3. The molecule has 3 unspecified atom stereocenters. The molecule has 0 aromatic heterocycles. The van der Waals surface area contributed by atoms with E-state index in [1.807, 2.05) is 37.3 Å². The molecule has 0 saturated heterocycles. The topological polar surface area (TPSA) is 57.6 Å². The van der Waals surface area contributed by atoms with Gasteiger partial charge in [-0.1, -0.05) is 55.5 Å². The van der Waals surface area contributed by atoms with E-state index in [-0.39, 0.29) is 17.9 Å². The minimum Gasteiger partial charge on any atom is -0.481 e. The Labute approximate surface area is 141 Å². The molecule has 3 rings (SSSR count). The minimum absolute atomic E-state index is 0.0239. The maximum absolute atomic E-state index is 12.7. The third-order valence-electron chi connectivity index (χ3n) is 4.88. The number of amides is 1. The minimum atomic E-state index is -0.883. The first-order valence-corrected chi connectivity index (χ1v) is 8.13. The van der Waals surface area contributed by atoms with Crippen LogP contribution in [0.25, 0.3) is 0 Å². The first-order valence-electron chi connectivity index (χ1n) is 8.13. The molecule has 0 radical (unpaired) electrons. The largest absolute Gasteiger partial charge is 0.481 e. The van der Waals surface area contributed by atoms with Crippen LogP contribution in [0.2, 0.25) is 0 Å². The normalized spacial score (nSPS) is 21.2. The first kappa shape index (κ1) is 16.2. The summed E-state index contributed by atoms with van der Waals surface area (Å²) in [5, 5.41) is 9.84. The van der Waals surface area contributed by atoms with E-state index in [0.29, 0.717) is 11.1 Å². The summed E-state index contributed by atoms with van der Waals surface area (Å²) in [5.74, 6) is -1.67. The van der Waals surface area contributed by atoms with Crippen molar-refractivity contribution >= 4 is 11.9 Å². The molecule has 1 N–H and O–H groups in total. The third kappa shape index (κ3) is 2.80. The highest BCUT2D eigenvalue weighted by atomic mass is 16.4. The molecule has 0 saturated carbocycles. The van der Waals surface area contributed by atoms with Gasteiger partial charge in [-0.15, -0.1) is 0 Å². The molecular formula is C20H21NO3. The van der Waals surface area contributed by atoms with E-state index in [4.69, 9.17) is 0 Å². The Morgan fingerprint density at radius 2 is 1.75 bits per heavy atom. The molecule has 1 aliphatic heterocycles. The number of aliphatic carboxylic acids is 1. The number of likely N-dealkylation sites (N-methyl/N-ethyl adjacent to an activating group) is 1. The molecular weight excluding hydrogens is 302 g/mol. The average molecular weight is 323 g/mol. The molecule has 2 aromatic rings. The number of fused-ring (bicyclic) bond motifs is 1. The van der Waals surface area contributed by atoms with E-state index >= 15 is 0 Å². The van der Waals surface area contributed by atoms with Crippen LogP contribution in [0.15, 0.2) is 54.6 Å². The van der Waals surface area contributed by atoms with Crippen LogP contribution >= 0.6 is 0 Å². The van der Waals surface area contributed by atoms with Gasteiger partial charge in [0.25, 0.3) is 5.91 Å². The maximum Gasteiger partial charge on any atom is 0.313 e. The zero-order chi connectivity index (χ0) is 17.3. The molecule has 0 fully saturated rings. The van der Waals surface area contributed by atoms with Crippen molar-refractivity contribution in [2.45, 2.75) is 25.3 Å². The Kier molecular flexibility index (Phi) is 4.38. The van der Waals surface area contributed by atoms with Crippen molar-refractivity contribution in [2.75, 3.05) is 7.05 Å². The number of benzene rings is 2. The van der Waals surface area contributed by atoms with Crippen molar-refractivity contribution in [1.82, 2.24) is 4.90 Å². The standard InChI is InChI=1S/C20H21NO3/c1-13(12-14-8-4-3-5-9-14)18-17(20(23)24)15-10-6-7-11-16(15)19(22)21(18)2/h3-11,13,17-18H,12H2,1-2H3,(H,23,24). The Hall–Kier alpha value is -2.62. The summed E-state index contributed by atoms with van der Waals surface area (Å²) < 4.78 is 0. The highest BCUT2D eigenvalue weighted by Crippen LogP contribution is 2.37. The summed E-state index contributed by atoms with van der Waals surface area (Å²) in [6, 6.07) is 16.7. The Morgan fingerprint density at radius 1 is 1.12 bits per heavy atom. The van der Waals surface area contributed by atoms with Gasteiger partial charge in [-0.25, -0.2) is 0 Å². The van der Waals surface area contributed by atoms with Crippen LogP contribution in [-0.4, -0.2) is 35.0 Å². The molecule has 1 heterocycles. The molecule has 24 heavy (non-hydrogen) atoms. The summed E-state index contributed by atoms with van der Waals surface area (Å²) in [7, 11) is 1.71. The molecule has 1 aliphatic rings. The van der Waals surface area contributed by atoms with Gasteiger partial charge in [0.2, 0.25) is 0 Å². The van der Waals surface area contributed by atoms with Gasteiger partial charge in [0, 0.05) is 12.6 Å². The number of carboxylic acid groups (broad SMARTS) is 1. The van der Waals surface area contributed by atoms with Crippen LogP contribution < -0.4 is 0 Å². The van der Waals surface area contributed by atoms with Gasteiger partial charge < -0.3 is 10.0 Å². The highest BCUT2D eigenvalue weighted by molar-refractivity contribution is 6.00. The van der Waals surface area contributed by atoms with Crippen LogP contribution in [0.5, 0.6) is 0 Å². The van der Waals surface area contributed by atoms with Crippen LogP contribution in [0.4, 0.5) is 0 Å². The lowest BCUT2D eigenvalue weighted by Gasteiger charge is -2.41. The number of hydrogen-bond donors (Lipinski definition) is 1. The first-order chi connectivity index (χ1) is 11.5. The van der Waals surface area contributed by atoms with Crippen molar-refractivity contribution < 1.29 is 14.7 Å². The molecule has 3 atom stereocenters. The lowest BCUT2D eigenvalue weighted by atomic mass is 9.76. The van der Waals surface area contributed by atoms with Crippen molar-refractivity contribution in [3.05, 3.63) is 71.3 Å². The van der Waals surface area contributed by atoms with Gasteiger partial charge in [0.15, 0.2) is 0 Å². The molecule has 4 heteroatoms. The fourth-order valence-corrected chi connectivity index (χ4v) is 3.79. The van der Waals surface area contributed by atoms with Gasteiger partial charge >= 0.3 is 5.97 Å². The zero-order valence-corrected chi connectivity index (χ0v) is 13.8. The fourth-order valence-electron chi connectivity index (χ4n) is 3.79. The van der Waals surface area contributed by atoms with Crippen LogP contribution in [-0.2, 0) is 11.2 Å². The molecule has 1 amide bonds. The van der Waals surface area contributed by atoms with E-state index in [0.717, 1.165) is 12.0 Å². The quantitative estimate of drug-likeness (QED) is 0.940. The number of carbonyl (C=O) groups is 2. The predicted molar refractivity (Wildman–Crippen MR) is 92.0 cm³/mol. The van der Waals surface area contributed by atoms with E-state index in [1.54, 1.807) is 36.2 Å². The average Bonchev–Trinajstić information content (AvgIpc) is 2.58. The van der Waals surface area contributed by atoms with Crippen molar-refractivity contribution in [2.24, 2.45) is 5.92 Å². The van der Waals surface area contributed by atoms with E-state index in [1.165, 1.54) is 0 Å². The van der Waals surface area contributed by atoms with Gasteiger partial charge in [-0.3, -0.25) is 9.59 Å². The second kappa shape index (κ2) is 6.48. The molecule has 0 spiro atoms. The summed E-state index contributed by atoms with van der Waals surface area (Å²) in [6.45, 7) is 2.02. The number of carboxylic acids is 1. The Balaban J connectivity index is 1.99. The van der Waals surface area contributed by atoms with Gasteiger partial charge in [-0.2, -0.15) is 0 Å². The third-order valence-corrected chi connectivity index (χ3v) is 4.88. The smallest absolute Gasteiger partial charge is 0.313 e. The highest BCUT2D eigenvalue weighted by Gasteiger charge is 2.44. The Bertz CT molecular complexity index is 756. The summed E-state index contributed by atoms with van der Waals surface area (Å²) in [5.41, 5.74) is 2.27. The molecule has 4 nitrogen and oxygen atoms in total. The van der Waals surface area contributed by atoms with Crippen molar-refractivity contribution in [1.29, 1.82) is 0 Å². The van der Waals surface area contributed by atoms with Gasteiger partial charge in [0.05, 0.1) is 6.04 Å². The SMILES string of the molecule is CC(Cc1ccccc1)C1C(C(=O)O)c2ccccc2C(=O)N1C. The summed E-state index contributed by atoms with van der Waals surface area (Å²) in [6.07, 6.45) is 0.731. The predicted octanol–water partition coefficient (Wildman–Crippen LogP) is 3.19. The number of hydrogen-bond acceptors (Lipinski definition) is 2. The van der Waals surface area contributed by atoms with Crippen molar-refractivity contribution in [3.8, 4) is 0 Å². The maximum atomic E-state index is 12.7. The second-order valence-corrected chi connectivity index (χ2v) is 6.48.